The van der Waals surface area contributed by atoms with Gasteiger partial charge in [0.25, 0.3) is 5.91 Å². The van der Waals surface area contributed by atoms with Crippen molar-refractivity contribution >= 4 is 17.7 Å². The number of carboxylic acid groups (broad SMARTS) is 1. The molecule has 2 heterocycles. The number of nitro groups is 1. The van der Waals surface area contributed by atoms with Gasteiger partial charge >= 0.3 is 11.8 Å². The minimum Gasteiger partial charge on any atom is -0.481 e. The summed E-state index contributed by atoms with van der Waals surface area (Å²) >= 11 is 0. The fraction of sp³-hybridized carbons (Fsp3) is 0.500. The Hall–Kier alpha value is -2.38. The molecule has 1 saturated heterocycles. The first kappa shape index (κ1) is 14.0. The molecule has 0 saturated carbocycles. The Morgan fingerprint density at radius 2 is 2.25 bits per heavy atom. The average Bonchev–Trinajstić information content (AvgIpc) is 3.05. The minimum atomic E-state index is -0.838. The second-order valence-electron chi connectivity index (χ2n) is 4.85. The van der Waals surface area contributed by atoms with Gasteiger partial charge in [-0.1, -0.05) is 0 Å². The lowest BCUT2D eigenvalue weighted by atomic mass is 10.0. The molecule has 8 nitrogen and oxygen atoms in total. The number of nitrogens with zero attached hydrogens (tertiary/aromatic N) is 2. The van der Waals surface area contributed by atoms with Crippen molar-refractivity contribution in [3.63, 3.8) is 0 Å². The molecule has 1 unspecified atom stereocenters. The number of aromatic amines is 1. The van der Waals surface area contributed by atoms with Crippen molar-refractivity contribution in [2.24, 2.45) is 5.92 Å². The van der Waals surface area contributed by atoms with Crippen LogP contribution < -0.4 is 0 Å². The standard InChI is InChI=1S/C12H15N3O5/c16-11(17)4-1-8-5-6-14(7-8)12(18)9-2-3-10(13-9)15(19)20/h2-3,8,13H,1,4-7H2,(H,16,17). The predicted octanol–water partition coefficient (Wildman–Crippen LogP) is 1.25. The van der Waals surface area contributed by atoms with E-state index in [2.05, 4.69) is 4.98 Å². The lowest BCUT2D eigenvalue weighted by Crippen LogP contribution is -2.29. The SMILES string of the molecule is O=C(O)CCC1CCN(C(=O)c2ccc([N+](=O)[O-])[nH]2)C1. The van der Waals surface area contributed by atoms with Crippen LogP contribution in [-0.4, -0.2) is 44.9 Å². The summed E-state index contributed by atoms with van der Waals surface area (Å²) in [4.78, 5) is 36.7. The van der Waals surface area contributed by atoms with Gasteiger partial charge in [-0.2, -0.15) is 0 Å². The van der Waals surface area contributed by atoms with E-state index in [1.807, 2.05) is 0 Å². The number of amides is 1. The predicted molar refractivity (Wildman–Crippen MR) is 68.3 cm³/mol. The van der Waals surface area contributed by atoms with E-state index in [4.69, 9.17) is 5.11 Å². The van der Waals surface area contributed by atoms with Crippen molar-refractivity contribution in [3.05, 3.63) is 27.9 Å². The second kappa shape index (κ2) is 5.72. The van der Waals surface area contributed by atoms with Gasteiger partial charge in [-0.3, -0.25) is 9.59 Å². The smallest absolute Gasteiger partial charge is 0.321 e. The molecule has 20 heavy (non-hydrogen) atoms. The van der Waals surface area contributed by atoms with Gasteiger partial charge < -0.3 is 20.1 Å². The highest BCUT2D eigenvalue weighted by Gasteiger charge is 2.29. The minimum absolute atomic E-state index is 0.0979. The van der Waals surface area contributed by atoms with Crippen molar-refractivity contribution in [2.75, 3.05) is 13.1 Å². The molecule has 1 atom stereocenters. The maximum Gasteiger partial charge on any atom is 0.321 e. The van der Waals surface area contributed by atoms with Gasteiger partial charge in [0, 0.05) is 25.6 Å². The Morgan fingerprint density at radius 3 is 2.85 bits per heavy atom. The van der Waals surface area contributed by atoms with Gasteiger partial charge in [-0.15, -0.1) is 0 Å². The van der Waals surface area contributed by atoms with Crippen molar-refractivity contribution in [2.45, 2.75) is 19.3 Å². The third kappa shape index (κ3) is 3.14. The third-order valence-electron chi connectivity index (χ3n) is 3.44. The topological polar surface area (TPSA) is 117 Å². The summed E-state index contributed by atoms with van der Waals surface area (Å²) in [7, 11) is 0. The fourth-order valence-corrected chi connectivity index (χ4v) is 2.37. The highest BCUT2D eigenvalue weighted by atomic mass is 16.6. The molecular weight excluding hydrogens is 266 g/mol. The zero-order valence-corrected chi connectivity index (χ0v) is 10.7. The number of hydrogen-bond donors (Lipinski definition) is 2. The van der Waals surface area contributed by atoms with Crippen molar-refractivity contribution < 1.29 is 19.6 Å². The maximum atomic E-state index is 12.1. The van der Waals surface area contributed by atoms with E-state index in [0.29, 0.717) is 19.5 Å². The monoisotopic (exact) mass is 281 g/mol. The van der Waals surface area contributed by atoms with Crippen LogP contribution in [-0.2, 0) is 4.79 Å². The van der Waals surface area contributed by atoms with E-state index in [9.17, 15) is 19.7 Å². The van der Waals surface area contributed by atoms with E-state index in [0.717, 1.165) is 6.42 Å². The summed E-state index contributed by atoms with van der Waals surface area (Å²) in [5.41, 5.74) is 0.190. The maximum absolute atomic E-state index is 12.1. The highest BCUT2D eigenvalue weighted by Crippen LogP contribution is 2.23. The Balaban J connectivity index is 1.93. The van der Waals surface area contributed by atoms with Gasteiger partial charge in [0.05, 0.1) is 0 Å². The summed E-state index contributed by atoms with van der Waals surface area (Å²) < 4.78 is 0. The first-order chi connectivity index (χ1) is 9.47. The third-order valence-corrected chi connectivity index (χ3v) is 3.44. The molecule has 0 aromatic carbocycles. The Labute approximate surface area is 114 Å². The normalized spacial score (nSPS) is 18.2. The van der Waals surface area contributed by atoms with Crippen molar-refractivity contribution in [1.82, 2.24) is 9.88 Å². The van der Waals surface area contributed by atoms with Crippen molar-refractivity contribution in [3.8, 4) is 0 Å². The van der Waals surface area contributed by atoms with Gasteiger partial charge in [0.1, 0.15) is 0 Å². The molecule has 8 heteroatoms. The fourth-order valence-electron chi connectivity index (χ4n) is 2.37. The van der Waals surface area contributed by atoms with Crippen LogP contribution in [0.25, 0.3) is 0 Å². The van der Waals surface area contributed by atoms with E-state index >= 15 is 0 Å². The lowest BCUT2D eigenvalue weighted by molar-refractivity contribution is -0.389. The zero-order valence-electron chi connectivity index (χ0n) is 10.7. The van der Waals surface area contributed by atoms with Crippen LogP contribution >= 0.6 is 0 Å². The number of H-pyrrole nitrogens is 1. The summed E-state index contributed by atoms with van der Waals surface area (Å²) in [5.74, 6) is -1.15. The van der Waals surface area contributed by atoms with Crippen LogP contribution in [0.1, 0.15) is 29.8 Å². The molecule has 0 bridgehead atoms. The van der Waals surface area contributed by atoms with Crippen LogP contribution in [0, 0.1) is 16.0 Å². The number of hydrogen-bond acceptors (Lipinski definition) is 4. The van der Waals surface area contributed by atoms with Gasteiger partial charge in [0.2, 0.25) is 0 Å². The molecule has 2 N–H and O–H groups in total. The number of nitrogens with one attached hydrogen (secondary N) is 1. The molecule has 0 aliphatic carbocycles. The van der Waals surface area contributed by atoms with Crippen molar-refractivity contribution in [1.29, 1.82) is 0 Å². The second-order valence-corrected chi connectivity index (χ2v) is 4.85. The molecule has 1 fully saturated rings. The van der Waals surface area contributed by atoms with Crippen LogP contribution in [0.4, 0.5) is 5.82 Å². The van der Waals surface area contributed by atoms with E-state index in [-0.39, 0.29) is 29.8 Å². The Morgan fingerprint density at radius 1 is 1.50 bits per heavy atom. The molecule has 1 amide bonds. The molecule has 1 aliphatic heterocycles. The number of likely N-dealkylation sites (tertiary alicyclic amines) is 1. The number of carboxylic acids is 1. The Kier molecular flexibility index (Phi) is 4.02. The lowest BCUT2D eigenvalue weighted by Gasteiger charge is -2.14. The number of aromatic nitrogens is 1. The van der Waals surface area contributed by atoms with Crippen LogP contribution in [0.3, 0.4) is 0 Å². The van der Waals surface area contributed by atoms with Crippen LogP contribution in [0.2, 0.25) is 0 Å². The summed E-state index contributed by atoms with van der Waals surface area (Å²) in [6.45, 7) is 1.05. The molecule has 108 valence electrons. The highest BCUT2D eigenvalue weighted by molar-refractivity contribution is 5.93. The van der Waals surface area contributed by atoms with Crippen LogP contribution in [0.15, 0.2) is 12.1 Å². The molecule has 0 spiro atoms. The first-order valence-corrected chi connectivity index (χ1v) is 6.32. The molecule has 2 rings (SSSR count). The number of carbonyl (C=O) groups is 2. The average molecular weight is 281 g/mol. The van der Waals surface area contributed by atoms with Gasteiger partial charge in [-0.25, -0.2) is 4.98 Å². The summed E-state index contributed by atoms with van der Waals surface area (Å²) in [5, 5.41) is 19.2. The van der Waals surface area contributed by atoms with Gasteiger partial charge in [-0.05, 0) is 29.7 Å². The summed E-state index contributed by atoms with van der Waals surface area (Å²) in [6.07, 6.45) is 1.41. The zero-order chi connectivity index (χ0) is 14.7. The molecule has 1 aromatic rings. The largest absolute Gasteiger partial charge is 0.481 e. The molecule has 1 aromatic heterocycles. The number of rotatable bonds is 5. The van der Waals surface area contributed by atoms with Gasteiger partial charge in [0.15, 0.2) is 5.69 Å². The Bertz CT molecular complexity index is 539. The molecule has 1 aliphatic rings. The van der Waals surface area contributed by atoms with E-state index < -0.39 is 10.9 Å². The van der Waals surface area contributed by atoms with Crippen LogP contribution in [0.5, 0.6) is 0 Å². The number of carbonyl (C=O) groups excluding carboxylic acids is 1. The molecular formula is C12H15N3O5. The molecule has 0 radical (unpaired) electrons. The van der Waals surface area contributed by atoms with E-state index in [1.165, 1.54) is 12.1 Å². The summed E-state index contributed by atoms with van der Waals surface area (Å²) in [6, 6.07) is 2.65. The number of aliphatic carboxylic acids is 1. The first-order valence-electron chi connectivity index (χ1n) is 6.32. The van der Waals surface area contributed by atoms with E-state index in [1.54, 1.807) is 4.90 Å². The quantitative estimate of drug-likeness (QED) is 0.622.